The van der Waals surface area contributed by atoms with Gasteiger partial charge in [-0.25, -0.2) is 9.97 Å². The van der Waals surface area contributed by atoms with Gasteiger partial charge < -0.3 is 20.1 Å². The smallest absolute Gasteiger partial charge is 0.242 e. The van der Waals surface area contributed by atoms with Gasteiger partial charge in [0, 0.05) is 36.0 Å². The van der Waals surface area contributed by atoms with Crippen LogP contribution < -0.4 is 10.6 Å². The van der Waals surface area contributed by atoms with E-state index in [2.05, 4.69) is 35.7 Å². The van der Waals surface area contributed by atoms with Crippen LogP contribution in [0.3, 0.4) is 0 Å². The monoisotopic (exact) mass is 411 g/mol. The summed E-state index contributed by atoms with van der Waals surface area (Å²) in [6.07, 6.45) is 6.47. The van der Waals surface area contributed by atoms with Crippen molar-refractivity contribution in [1.82, 2.24) is 30.4 Å². The van der Waals surface area contributed by atoms with Gasteiger partial charge in [-0.2, -0.15) is 0 Å². The number of carbonyl (C=O) groups excluding carboxylic acids is 1. The molecule has 4 rings (SSSR count). The summed E-state index contributed by atoms with van der Waals surface area (Å²) < 4.78 is 5.02. The number of anilines is 1. The molecule has 4 aromatic heterocycles. The molecule has 0 aliphatic carbocycles. The zero-order valence-corrected chi connectivity index (χ0v) is 16.5. The minimum Gasteiger partial charge on any atom is -0.361 e. The predicted molar refractivity (Wildman–Crippen MR) is 108 cm³/mol. The summed E-state index contributed by atoms with van der Waals surface area (Å²) in [7, 11) is 0. The topological polar surface area (TPSA) is 122 Å². The predicted octanol–water partition coefficient (Wildman–Crippen LogP) is 3.09. The van der Waals surface area contributed by atoms with Crippen LogP contribution in [0.15, 0.2) is 41.4 Å². The zero-order valence-electron chi connectivity index (χ0n) is 15.7. The molecule has 148 valence electrons. The van der Waals surface area contributed by atoms with Crippen LogP contribution in [0.2, 0.25) is 5.02 Å². The van der Waals surface area contributed by atoms with Gasteiger partial charge in [-0.05, 0) is 19.9 Å². The van der Waals surface area contributed by atoms with Crippen molar-refractivity contribution < 1.29 is 9.32 Å². The van der Waals surface area contributed by atoms with Gasteiger partial charge in [-0.1, -0.05) is 16.8 Å². The quantitative estimate of drug-likeness (QED) is 0.445. The van der Waals surface area contributed by atoms with E-state index >= 15 is 0 Å². The van der Waals surface area contributed by atoms with Gasteiger partial charge in [0.1, 0.15) is 11.4 Å². The summed E-state index contributed by atoms with van der Waals surface area (Å²) in [5.74, 6) is 0.836. The van der Waals surface area contributed by atoms with E-state index in [9.17, 15) is 4.79 Å². The molecule has 4 heterocycles. The number of aryl methyl sites for hydroxylation is 1. The van der Waals surface area contributed by atoms with E-state index < -0.39 is 6.04 Å². The Kier molecular flexibility index (Phi) is 5.24. The van der Waals surface area contributed by atoms with E-state index in [4.69, 9.17) is 16.1 Å². The third-order valence-electron chi connectivity index (χ3n) is 4.32. The Hall–Kier alpha value is -3.30. The van der Waals surface area contributed by atoms with E-state index in [1.165, 1.54) is 6.20 Å². The molecule has 1 amide bonds. The van der Waals surface area contributed by atoms with Crippen molar-refractivity contribution in [1.29, 1.82) is 0 Å². The van der Waals surface area contributed by atoms with Crippen LogP contribution in [0, 0.1) is 6.92 Å². The van der Waals surface area contributed by atoms with Crippen LogP contribution >= 0.6 is 11.6 Å². The maximum Gasteiger partial charge on any atom is 0.242 e. The summed E-state index contributed by atoms with van der Waals surface area (Å²) in [5.41, 5.74) is 2.82. The number of rotatable bonds is 6. The first-order valence-electron chi connectivity index (χ1n) is 8.91. The highest BCUT2D eigenvalue weighted by molar-refractivity contribution is 6.31. The summed E-state index contributed by atoms with van der Waals surface area (Å²) in [5, 5.41) is 11.1. The first kappa shape index (κ1) is 19.0. The molecule has 0 fully saturated rings. The van der Waals surface area contributed by atoms with Gasteiger partial charge in [0.2, 0.25) is 5.91 Å². The summed E-state index contributed by atoms with van der Waals surface area (Å²) in [6, 6.07) is 3.16. The molecule has 0 saturated carbocycles. The number of H-pyrrole nitrogens is 1. The second-order valence-electron chi connectivity index (χ2n) is 6.56. The molecule has 9 nitrogen and oxygen atoms in total. The molecule has 0 radical (unpaired) electrons. The second kappa shape index (κ2) is 7.98. The number of hydrogen-bond donors (Lipinski definition) is 3. The molecule has 4 aromatic rings. The summed E-state index contributed by atoms with van der Waals surface area (Å²) in [6.45, 7) is 3.99. The van der Waals surface area contributed by atoms with E-state index in [0.717, 1.165) is 22.4 Å². The maximum absolute atomic E-state index is 12.5. The molecule has 0 saturated heterocycles. The zero-order chi connectivity index (χ0) is 20.4. The number of pyridine rings is 1. The molecule has 1 atom stereocenters. The van der Waals surface area contributed by atoms with Gasteiger partial charge in [0.05, 0.1) is 34.8 Å². The van der Waals surface area contributed by atoms with Crippen LogP contribution in [0.4, 0.5) is 5.82 Å². The highest BCUT2D eigenvalue weighted by Gasteiger charge is 2.15. The number of nitrogens with one attached hydrogen (secondary N) is 3. The summed E-state index contributed by atoms with van der Waals surface area (Å²) >= 11 is 6.06. The van der Waals surface area contributed by atoms with Crippen molar-refractivity contribution in [3.63, 3.8) is 0 Å². The number of fused-ring (bicyclic) bond motifs is 1. The molecular formula is C19H18ClN7O2. The number of hydrogen-bond acceptors (Lipinski definition) is 7. The Bertz CT molecular complexity index is 1170. The lowest BCUT2D eigenvalue weighted by atomic mass is 10.2. The van der Waals surface area contributed by atoms with Crippen LogP contribution in [0.1, 0.15) is 18.4 Å². The molecule has 29 heavy (non-hydrogen) atoms. The highest BCUT2D eigenvalue weighted by atomic mass is 35.5. The molecule has 0 spiro atoms. The second-order valence-corrected chi connectivity index (χ2v) is 7.00. The van der Waals surface area contributed by atoms with Gasteiger partial charge >= 0.3 is 0 Å². The SMILES string of the molecule is Cc1cc(CN[C@H](C)C(=O)Nc2cncc(-c3c[nH]c4ncc(Cl)cc34)n2)no1. The fourth-order valence-corrected chi connectivity index (χ4v) is 2.99. The minimum atomic E-state index is -0.464. The highest BCUT2D eigenvalue weighted by Crippen LogP contribution is 2.28. The average Bonchev–Trinajstić information content (AvgIpc) is 3.31. The number of aromatic amines is 1. The van der Waals surface area contributed by atoms with Crippen molar-refractivity contribution in [2.24, 2.45) is 0 Å². The lowest BCUT2D eigenvalue weighted by Crippen LogP contribution is -2.37. The lowest BCUT2D eigenvalue weighted by molar-refractivity contribution is -0.117. The van der Waals surface area contributed by atoms with E-state index in [-0.39, 0.29) is 5.91 Å². The number of aromatic nitrogens is 5. The van der Waals surface area contributed by atoms with Crippen LogP contribution in [-0.2, 0) is 11.3 Å². The van der Waals surface area contributed by atoms with Gasteiger partial charge in [-0.3, -0.25) is 9.78 Å². The molecule has 10 heteroatoms. The molecule has 3 N–H and O–H groups in total. The Labute approximate surface area is 170 Å². The molecule has 0 aliphatic heterocycles. The van der Waals surface area contributed by atoms with Gasteiger partial charge in [0.15, 0.2) is 5.82 Å². The fraction of sp³-hybridized carbons (Fsp3) is 0.211. The third kappa shape index (κ3) is 4.25. The Morgan fingerprint density at radius 1 is 1.31 bits per heavy atom. The molecular weight excluding hydrogens is 394 g/mol. The van der Waals surface area contributed by atoms with Crippen LogP contribution in [0.25, 0.3) is 22.3 Å². The van der Waals surface area contributed by atoms with Crippen molar-refractivity contribution in [3.8, 4) is 11.3 Å². The Morgan fingerprint density at radius 2 is 2.17 bits per heavy atom. The normalized spacial score (nSPS) is 12.2. The first-order valence-corrected chi connectivity index (χ1v) is 9.29. The van der Waals surface area contributed by atoms with Gasteiger partial charge in [0.25, 0.3) is 0 Å². The van der Waals surface area contributed by atoms with Crippen LogP contribution in [0.5, 0.6) is 0 Å². The number of nitrogens with zero attached hydrogens (tertiary/aromatic N) is 4. The number of amides is 1. The van der Waals surface area contributed by atoms with E-state index in [1.807, 2.05) is 13.0 Å². The molecule has 0 aliphatic rings. The van der Waals surface area contributed by atoms with Crippen LogP contribution in [-0.4, -0.2) is 37.0 Å². The molecule has 0 unspecified atom stereocenters. The number of carbonyl (C=O) groups is 1. The molecule has 0 bridgehead atoms. The van der Waals surface area contributed by atoms with Crippen molar-refractivity contribution in [3.05, 3.63) is 53.4 Å². The first-order chi connectivity index (χ1) is 14.0. The van der Waals surface area contributed by atoms with Crippen molar-refractivity contribution in [2.45, 2.75) is 26.4 Å². The maximum atomic E-state index is 12.5. The largest absolute Gasteiger partial charge is 0.361 e. The van der Waals surface area contributed by atoms with Gasteiger partial charge in [-0.15, -0.1) is 0 Å². The average molecular weight is 412 g/mol. The number of halogens is 1. The minimum absolute atomic E-state index is 0.236. The fourth-order valence-electron chi connectivity index (χ4n) is 2.83. The van der Waals surface area contributed by atoms with Crippen molar-refractivity contribution in [2.75, 3.05) is 5.32 Å². The lowest BCUT2D eigenvalue weighted by Gasteiger charge is -2.13. The van der Waals surface area contributed by atoms with Crippen molar-refractivity contribution >= 4 is 34.4 Å². The van der Waals surface area contributed by atoms with E-state index in [0.29, 0.717) is 28.7 Å². The molecule has 0 aromatic carbocycles. The summed E-state index contributed by atoms with van der Waals surface area (Å²) in [4.78, 5) is 28.5. The Balaban J connectivity index is 1.46. The standard InChI is InChI=1S/C19H18ClN7O2/c1-10-3-13(27-29-10)6-22-11(2)19(28)26-17-9-21-8-16(25-17)15-7-24-18-14(15)4-12(20)5-23-18/h3-5,7-9,11,22H,6H2,1-2H3,(H,23,24)(H,25,26,28)/t11-/m1/s1. The third-order valence-corrected chi connectivity index (χ3v) is 4.53. The van der Waals surface area contributed by atoms with E-state index in [1.54, 1.807) is 31.6 Å². The Morgan fingerprint density at radius 3 is 2.97 bits per heavy atom.